The van der Waals surface area contributed by atoms with Crippen molar-refractivity contribution in [3.63, 3.8) is 0 Å². The third-order valence-electron chi connectivity index (χ3n) is 4.56. The van der Waals surface area contributed by atoms with Crippen LogP contribution in [0.15, 0.2) is 24.5 Å². The smallest absolute Gasteiger partial charge is 0.127 e. The number of ether oxygens (including phenoxy) is 1. The lowest BCUT2D eigenvalue weighted by Crippen LogP contribution is -2.37. The van der Waals surface area contributed by atoms with Crippen LogP contribution in [-0.4, -0.2) is 50.3 Å². The van der Waals surface area contributed by atoms with Crippen LogP contribution in [0.25, 0.3) is 0 Å². The molecule has 6 nitrogen and oxygen atoms in total. The molecule has 1 atom stereocenters. The molecule has 23 heavy (non-hydrogen) atoms. The molecular weight excluding hydrogens is 316 g/mol. The zero-order valence-electron chi connectivity index (χ0n) is 12.8. The van der Waals surface area contributed by atoms with E-state index in [9.17, 15) is 5.11 Å². The lowest BCUT2D eigenvalue weighted by Gasteiger charge is -2.23. The number of likely N-dealkylation sites (tertiary alicyclic amines) is 1. The Morgan fingerprint density at radius 3 is 3.13 bits per heavy atom. The molecule has 1 fully saturated rings. The molecule has 2 aromatic rings. The fourth-order valence-electron chi connectivity index (χ4n) is 3.53. The minimum absolute atomic E-state index is 0.466. The molecule has 122 valence electrons. The molecule has 2 aliphatic heterocycles. The standard InChI is InChI=1S/C16H19ClN4O2/c17-14-7-12-1-6-23-15(12)13(8-14)9-20-4-2-16(22,10-20)11-21-5-3-18-19-21/h3,5,7-8,22H,1-2,4,6,9-11H2. The number of hydrogen-bond acceptors (Lipinski definition) is 5. The first-order chi connectivity index (χ1) is 11.1. The maximum absolute atomic E-state index is 10.8. The van der Waals surface area contributed by atoms with E-state index in [1.54, 1.807) is 17.1 Å². The van der Waals surface area contributed by atoms with E-state index in [-0.39, 0.29) is 0 Å². The highest BCUT2D eigenvalue weighted by atomic mass is 35.5. The average molecular weight is 335 g/mol. The first kappa shape index (κ1) is 14.9. The van der Waals surface area contributed by atoms with Crippen LogP contribution in [0.3, 0.4) is 0 Å². The van der Waals surface area contributed by atoms with Gasteiger partial charge in [-0.15, -0.1) is 5.10 Å². The van der Waals surface area contributed by atoms with Crippen LogP contribution in [0.5, 0.6) is 5.75 Å². The van der Waals surface area contributed by atoms with Gasteiger partial charge in [-0.05, 0) is 24.1 Å². The zero-order chi connectivity index (χ0) is 15.9. The van der Waals surface area contributed by atoms with Gasteiger partial charge in [-0.25, -0.2) is 4.68 Å². The number of benzene rings is 1. The van der Waals surface area contributed by atoms with Crippen LogP contribution in [-0.2, 0) is 19.5 Å². The summed E-state index contributed by atoms with van der Waals surface area (Å²) in [6, 6.07) is 3.96. The van der Waals surface area contributed by atoms with Crippen molar-refractivity contribution in [2.24, 2.45) is 0 Å². The molecule has 1 N–H and O–H groups in total. The fourth-order valence-corrected chi connectivity index (χ4v) is 3.79. The van der Waals surface area contributed by atoms with Gasteiger partial charge in [-0.1, -0.05) is 16.8 Å². The highest BCUT2D eigenvalue weighted by Crippen LogP contribution is 2.35. The summed E-state index contributed by atoms with van der Waals surface area (Å²) in [5, 5.41) is 19.3. The predicted octanol–water partition coefficient (Wildman–Crippen LogP) is 1.50. The van der Waals surface area contributed by atoms with Crippen LogP contribution in [0.4, 0.5) is 0 Å². The van der Waals surface area contributed by atoms with E-state index in [1.165, 1.54) is 5.56 Å². The number of aliphatic hydroxyl groups is 1. The molecule has 0 amide bonds. The van der Waals surface area contributed by atoms with Crippen molar-refractivity contribution >= 4 is 11.6 Å². The predicted molar refractivity (Wildman–Crippen MR) is 85.5 cm³/mol. The van der Waals surface area contributed by atoms with Crippen molar-refractivity contribution in [2.75, 3.05) is 19.7 Å². The van der Waals surface area contributed by atoms with E-state index in [4.69, 9.17) is 16.3 Å². The van der Waals surface area contributed by atoms with Crippen molar-refractivity contribution < 1.29 is 9.84 Å². The van der Waals surface area contributed by atoms with Crippen molar-refractivity contribution in [1.29, 1.82) is 0 Å². The normalized spacial score (nSPS) is 23.9. The van der Waals surface area contributed by atoms with Crippen molar-refractivity contribution in [1.82, 2.24) is 19.9 Å². The van der Waals surface area contributed by atoms with Crippen LogP contribution in [0, 0.1) is 0 Å². The topological polar surface area (TPSA) is 63.4 Å². The van der Waals surface area contributed by atoms with Gasteiger partial charge in [0.2, 0.25) is 0 Å². The number of fused-ring (bicyclic) bond motifs is 1. The Labute approximate surface area is 139 Å². The van der Waals surface area contributed by atoms with E-state index in [2.05, 4.69) is 15.2 Å². The molecule has 7 heteroatoms. The number of hydrogen-bond donors (Lipinski definition) is 1. The lowest BCUT2D eigenvalue weighted by molar-refractivity contribution is 0.0274. The Morgan fingerprint density at radius 2 is 2.30 bits per heavy atom. The quantitative estimate of drug-likeness (QED) is 0.918. The SMILES string of the molecule is OC1(Cn2ccnn2)CCN(Cc2cc(Cl)cc3c2OCC3)C1. The summed E-state index contributed by atoms with van der Waals surface area (Å²) in [6.45, 7) is 3.37. The molecule has 1 saturated heterocycles. The van der Waals surface area contributed by atoms with Gasteiger partial charge in [-0.2, -0.15) is 0 Å². The first-order valence-corrected chi connectivity index (χ1v) is 8.22. The van der Waals surface area contributed by atoms with Crippen LogP contribution >= 0.6 is 11.6 Å². The maximum Gasteiger partial charge on any atom is 0.127 e. The summed E-state index contributed by atoms with van der Waals surface area (Å²) in [5.41, 5.74) is 1.52. The van der Waals surface area contributed by atoms with Crippen LogP contribution in [0.2, 0.25) is 5.02 Å². The average Bonchev–Trinajstić information content (AvgIpc) is 3.21. The van der Waals surface area contributed by atoms with Crippen molar-refractivity contribution in [2.45, 2.75) is 31.5 Å². The highest BCUT2D eigenvalue weighted by molar-refractivity contribution is 6.30. The number of rotatable bonds is 4. The van der Waals surface area contributed by atoms with Gasteiger partial charge in [0.25, 0.3) is 0 Å². The number of nitrogens with zero attached hydrogens (tertiary/aromatic N) is 4. The molecule has 1 unspecified atom stereocenters. The van der Waals surface area contributed by atoms with E-state index in [1.807, 2.05) is 12.1 Å². The van der Waals surface area contributed by atoms with E-state index in [0.29, 0.717) is 13.1 Å². The van der Waals surface area contributed by atoms with Crippen LogP contribution in [0.1, 0.15) is 17.5 Å². The summed E-state index contributed by atoms with van der Waals surface area (Å²) >= 11 is 6.22. The van der Waals surface area contributed by atoms with E-state index >= 15 is 0 Å². The van der Waals surface area contributed by atoms with Gasteiger partial charge in [0.15, 0.2) is 0 Å². The molecular formula is C16H19ClN4O2. The second-order valence-electron chi connectivity index (χ2n) is 6.44. The van der Waals surface area contributed by atoms with Gasteiger partial charge in [-0.3, -0.25) is 4.90 Å². The fraction of sp³-hybridized carbons (Fsp3) is 0.500. The monoisotopic (exact) mass is 334 g/mol. The third-order valence-corrected chi connectivity index (χ3v) is 4.78. The van der Waals surface area contributed by atoms with Gasteiger partial charge in [0.05, 0.1) is 24.9 Å². The van der Waals surface area contributed by atoms with Crippen LogP contribution < -0.4 is 4.74 Å². The summed E-state index contributed by atoms with van der Waals surface area (Å²) in [6.07, 6.45) is 5.04. The summed E-state index contributed by atoms with van der Waals surface area (Å²) in [7, 11) is 0. The van der Waals surface area contributed by atoms with Crippen molar-refractivity contribution in [3.05, 3.63) is 40.7 Å². The van der Waals surface area contributed by atoms with E-state index in [0.717, 1.165) is 48.9 Å². The number of β-amino-alcohol motifs (C(OH)–C–C–N with tert-alkyl or cyclic N) is 1. The first-order valence-electron chi connectivity index (χ1n) is 7.84. The summed E-state index contributed by atoms with van der Waals surface area (Å²) in [4.78, 5) is 2.24. The molecule has 3 heterocycles. The van der Waals surface area contributed by atoms with Crippen molar-refractivity contribution in [3.8, 4) is 5.75 Å². The molecule has 0 radical (unpaired) electrons. The Balaban J connectivity index is 1.47. The molecule has 1 aromatic heterocycles. The Morgan fingerprint density at radius 1 is 1.39 bits per heavy atom. The highest BCUT2D eigenvalue weighted by Gasteiger charge is 2.37. The molecule has 4 rings (SSSR count). The maximum atomic E-state index is 10.8. The van der Waals surface area contributed by atoms with Gasteiger partial charge in [0, 0.05) is 42.8 Å². The summed E-state index contributed by atoms with van der Waals surface area (Å²) in [5.74, 6) is 0.973. The third kappa shape index (κ3) is 3.06. The zero-order valence-corrected chi connectivity index (χ0v) is 13.5. The Hall–Kier alpha value is -1.63. The molecule has 0 spiro atoms. The lowest BCUT2D eigenvalue weighted by atomic mass is 10.0. The molecule has 2 aliphatic rings. The Kier molecular flexibility index (Phi) is 3.75. The second kappa shape index (κ2) is 5.78. The molecule has 0 aliphatic carbocycles. The molecule has 0 bridgehead atoms. The van der Waals surface area contributed by atoms with Gasteiger partial charge < -0.3 is 9.84 Å². The Bertz CT molecular complexity index is 706. The van der Waals surface area contributed by atoms with E-state index < -0.39 is 5.60 Å². The molecule has 1 aromatic carbocycles. The minimum atomic E-state index is -0.768. The number of halogens is 1. The minimum Gasteiger partial charge on any atom is -0.493 e. The molecule has 0 saturated carbocycles. The largest absolute Gasteiger partial charge is 0.493 e. The summed E-state index contributed by atoms with van der Waals surface area (Å²) < 4.78 is 7.45. The van der Waals surface area contributed by atoms with Gasteiger partial charge >= 0.3 is 0 Å². The number of aromatic nitrogens is 3. The van der Waals surface area contributed by atoms with Gasteiger partial charge in [0.1, 0.15) is 5.75 Å². The second-order valence-corrected chi connectivity index (χ2v) is 6.87.